The monoisotopic (exact) mass is 263 g/mol. The Morgan fingerprint density at radius 2 is 2.44 bits per heavy atom. The molecule has 0 unspecified atom stereocenters. The van der Waals surface area contributed by atoms with Gasteiger partial charge in [-0.2, -0.15) is 0 Å². The van der Waals surface area contributed by atoms with E-state index in [4.69, 9.17) is 5.73 Å². The molecule has 2 N–H and O–H groups in total. The summed E-state index contributed by atoms with van der Waals surface area (Å²) in [6.07, 6.45) is 1.02. The Kier molecular flexibility index (Phi) is 4.67. The molecular formula is C9H14ClN3O2S. The topological polar surface area (TPSA) is 72.4 Å². The van der Waals surface area contributed by atoms with Crippen LogP contribution < -0.4 is 5.73 Å². The van der Waals surface area contributed by atoms with Gasteiger partial charge in [-0.1, -0.05) is 11.3 Å². The number of rotatable bonds is 3. The van der Waals surface area contributed by atoms with Crippen molar-refractivity contribution in [3.8, 4) is 0 Å². The van der Waals surface area contributed by atoms with Crippen LogP contribution in [0.5, 0.6) is 0 Å². The molecule has 0 aromatic carbocycles. The first kappa shape index (κ1) is 13.4. The lowest BCUT2D eigenvalue weighted by atomic mass is 10.3. The predicted molar refractivity (Wildman–Crippen MR) is 66.1 cm³/mol. The molecule has 90 valence electrons. The van der Waals surface area contributed by atoms with Crippen LogP contribution in [0.2, 0.25) is 0 Å². The van der Waals surface area contributed by atoms with Crippen molar-refractivity contribution < 1.29 is 4.92 Å². The van der Waals surface area contributed by atoms with Gasteiger partial charge < -0.3 is 5.73 Å². The first-order valence-corrected chi connectivity index (χ1v) is 5.73. The van der Waals surface area contributed by atoms with Gasteiger partial charge in [-0.25, -0.2) is 0 Å². The van der Waals surface area contributed by atoms with Crippen LogP contribution in [0.15, 0.2) is 11.4 Å². The van der Waals surface area contributed by atoms with E-state index in [0.29, 0.717) is 0 Å². The third-order valence-electron chi connectivity index (χ3n) is 2.53. The lowest BCUT2D eigenvalue weighted by Gasteiger charge is -2.13. The van der Waals surface area contributed by atoms with Crippen molar-refractivity contribution in [3.05, 3.63) is 27.1 Å². The number of likely N-dealkylation sites (tertiary alicyclic amines) is 1. The van der Waals surface area contributed by atoms with E-state index in [2.05, 4.69) is 4.90 Å². The molecule has 1 aliphatic heterocycles. The first-order valence-electron chi connectivity index (χ1n) is 4.85. The van der Waals surface area contributed by atoms with E-state index in [1.807, 2.05) is 5.38 Å². The fourth-order valence-corrected chi connectivity index (χ4v) is 2.53. The van der Waals surface area contributed by atoms with Gasteiger partial charge in [0.25, 0.3) is 0 Å². The fourth-order valence-electron chi connectivity index (χ4n) is 1.81. The van der Waals surface area contributed by atoms with E-state index in [0.717, 1.165) is 31.6 Å². The Morgan fingerprint density at radius 1 is 1.69 bits per heavy atom. The summed E-state index contributed by atoms with van der Waals surface area (Å²) in [4.78, 5) is 12.4. The zero-order valence-corrected chi connectivity index (χ0v) is 10.3. The van der Waals surface area contributed by atoms with Crippen LogP contribution in [-0.2, 0) is 6.54 Å². The van der Waals surface area contributed by atoms with Gasteiger partial charge in [-0.3, -0.25) is 15.0 Å². The number of hydrogen-bond acceptors (Lipinski definition) is 5. The molecule has 0 amide bonds. The van der Waals surface area contributed by atoms with Gasteiger partial charge in [0.05, 0.1) is 4.92 Å². The molecule has 0 aliphatic carbocycles. The van der Waals surface area contributed by atoms with Crippen LogP contribution in [-0.4, -0.2) is 29.0 Å². The SMILES string of the molecule is Cl.N[C@@H]1CCN(Cc2csc([N+](=O)[O-])c2)C1. The number of hydrogen-bond donors (Lipinski definition) is 1. The second kappa shape index (κ2) is 5.58. The van der Waals surface area contributed by atoms with Crippen LogP contribution in [0.25, 0.3) is 0 Å². The molecule has 1 saturated heterocycles. The summed E-state index contributed by atoms with van der Waals surface area (Å²) in [5, 5.41) is 12.6. The Bertz CT molecular complexity index is 371. The molecule has 0 saturated carbocycles. The van der Waals surface area contributed by atoms with Crippen molar-refractivity contribution in [2.24, 2.45) is 5.73 Å². The van der Waals surface area contributed by atoms with E-state index in [9.17, 15) is 10.1 Å². The molecule has 0 radical (unpaired) electrons. The van der Waals surface area contributed by atoms with E-state index >= 15 is 0 Å². The van der Waals surface area contributed by atoms with Crippen molar-refractivity contribution in [1.82, 2.24) is 4.90 Å². The van der Waals surface area contributed by atoms with Gasteiger partial charge in [-0.05, 0) is 12.0 Å². The average Bonchev–Trinajstić information content (AvgIpc) is 2.76. The summed E-state index contributed by atoms with van der Waals surface area (Å²) in [6.45, 7) is 2.66. The van der Waals surface area contributed by atoms with Crippen LogP contribution >= 0.6 is 23.7 Å². The molecule has 1 aromatic rings. The van der Waals surface area contributed by atoms with Crippen LogP contribution in [0, 0.1) is 10.1 Å². The van der Waals surface area contributed by atoms with E-state index in [1.165, 1.54) is 11.3 Å². The summed E-state index contributed by atoms with van der Waals surface area (Å²) in [5.41, 5.74) is 6.80. The van der Waals surface area contributed by atoms with E-state index < -0.39 is 0 Å². The van der Waals surface area contributed by atoms with Gasteiger partial charge in [0.2, 0.25) is 0 Å². The molecule has 16 heavy (non-hydrogen) atoms. The van der Waals surface area contributed by atoms with Crippen molar-refractivity contribution in [1.29, 1.82) is 0 Å². The molecular weight excluding hydrogens is 250 g/mol. The second-order valence-corrected chi connectivity index (χ2v) is 4.72. The fraction of sp³-hybridized carbons (Fsp3) is 0.556. The Hall–Kier alpha value is -0.690. The van der Waals surface area contributed by atoms with Crippen LogP contribution in [0.1, 0.15) is 12.0 Å². The van der Waals surface area contributed by atoms with Gasteiger partial charge in [0, 0.05) is 37.1 Å². The normalized spacial score (nSPS) is 20.7. The number of nitrogens with zero attached hydrogens (tertiary/aromatic N) is 2. The Labute approximate surface area is 104 Å². The largest absolute Gasteiger partial charge is 0.326 e. The van der Waals surface area contributed by atoms with Crippen molar-refractivity contribution in [3.63, 3.8) is 0 Å². The molecule has 1 aliphatic rings. The first-order chi connectivity index (χ1) is 7.15. The van der Waals surface area contributed by atoms with Crippen molar-refractivity contribution in [2.75, 3.05) is 13.1 Å². The molecule has 5 nitrogen and oxygen atoms in total. The summed E-state index contributed by atoms with van der Waals surface area (Å²) in [6, 6.07) is 1.91. The quantitative estimate of drug-likeness (QED) is 0.664. The van der Waals surface area contributed by atoms with Crippen molar-refractivity contribution in [2.45, 2.75) is 19.0 Å². The summed E-state index contributed by atoms with van der Waals surface area (Å²) < 4.78 is 0. The number of nitro groups is 1. The molecule has 1 aromatic heterocycles. The van der Waals surface area contributed by atoms with Crippen LogP contribution in [0.3, 0.4) is 0 Å². The highest BCUT2D eigenvalue weighted by Crippen LogP contribution is 2.24. The molecule has 7 heteroatoms. The maximum atomic E-state index is 10.5. The molecule has 0 bridgehead atoms. The zero-order valence-electron chi connectivity index (χ0n) is 8.67. The molecule has 2 heterocycles. The third kappa shape index (κ3) is 3.15. The number of nitrogens with two attached hydrogens (primary N) is 1. The predicted octanol–water partition coefficient (Wildman–Crippen LogP) is 1.61. The van der Waals surface area contributed by atoms with Gasteiger partial charge in [-0.15, -0.1) is 12.4 Å². The Balaban J connectivity index is 0.00000128. The highest BCUT2D eigenvalue weighted by atomic mass is 35.5. The summed E-state index contributed by atoms with van der Waals surface area (Å²) >= 11 is 1.18. The summed E-state index contributed by atoms with van der Waals surface area (Å²) in [7, 11) is 0. The average molecular weight is 264 g/mol. The standard InChI is InChI=1S/C9H13N3O2S.ClH/c10-8-1-2-11(5-8)4-7-3-9(12(13)14)15-6-7;/h3,6,8H,1-2,4-5,10H2;1H/t8-;/m1./s1. The van der Waals surface area contributed by atoms with Crippen LogP contribution in [0.4, 0.5) is 5.00 Å². The third-order valence-corrected chi connectivity index (χ3v) is 3.46. The van der Waals surface area contributed by atoms with Gasteiger partial charge >= 0.3 is 5.00 Å². The number of thiophene rings is 1. The molecule has 1 atom stereocenters. The van der Waals surface area contributed by atoms with Crippen molar-refractivity contribution >= 4 is 28.7 Å². The molecule has 1 fully saturated rings. The van der Waals surface area contributed by atoms with Gasteiger partial charge in [0.15, 0.2) is 0 Å². The molecule has 0 spiro atoms. The van der Waals surface area contributed by atoms with Gasteiger partial charge in [0.1, 0.15) is 0 Å². The minimum Gasteiger partial charge on any atom is -0.326 e. The Morgan fingerprint density at radius 3 is 2.94 bits per heavy atom. The zero-order chi connectivity index (χ0) is 10.8. The second-order valence-electron chi connectivity index (χ2n) is 3.83. The minimum atomic E-state index is -0.343. The highest BCUT2D eigenvalue weighted by Gasteiger charge is 2.20. The van der Waals surface area contributed by atoms with E-state index in [1.54, 1.807) is 6.07 Å². The van der Waals surface area contributed by atoms with E-state index in [-0.39, 0.29) is 28.4 Å². The number of halogens is 1. The lowest BCUT2D eigenvalue weighted by Crippen LogP contribution is -2.26. The minimum absolute atomic E-state index is 0. The highest BCUT2D eigenvalue weighted by molar-refractivity contribution is 7.13. The smallest absolute Gasteiger partial charge is 0.324 e. The lowest BCUT2D eigenvalue weighted by molar-refractivity contribution is -0.380. The maximum Gasteiger partial charge on any atom is 0.324 e. The maximum absolute atomic E-state index is 10.5. The summed E-state index contributed by atoms with van der Waals surface area (Å²) in [5.74, 6) is 0. The molecule has 2 rings (SSSR count).